The minimum Gasteiger partial charge on any atom is -0.332 e. The van der Waals surface area contributed by atoms with E-state index in [-0.39, 0.29) is 17.1 Å². The van der Waals surface area contributed by atoms with Crippen LogP contribution in [0, 0.1) is 0 Å². The summed E-state index contributed by atoms with van der Waals surface area (Å²) in [6.07, 6.45) is 0.626. The van der Waals surface area contributed by atoms with Gasteiger partial charge in [-0.2, -0.15) is 4.98 Å². The SMILES string of the molecule is CCc1noc(-c2nc3cc(Cl)ccc3[nH]c2=O)n1. The molecule has 1 N–H and O–H groups in total. The Bertz CT molecular complexity index is 809. The molecule has 0 spiro atoms. The molecule has 3 rings (SSSR count). The van der Waals surface area contributed by atoms with Crippen LogP contribution in [-0.2, 0) is 6.42 Å². The Morgan fingerprint density at radius 2 is 2.21 bits per heavy atom. The molecule has 96 valence electrons. The van der Waals surface area contributed by atoms with E-state index >= 15 is 0 Å². The third kappa shape index (κ3) is 2.10. The first-order valence-corrected chi connectivity index (χ1v) is 6.07. The van der Waals surface area contributed by atoms with Crippen molar-refractivity contribution >= 4 is 22.6 Å². The highest BCUT2D eigenvalue weighted by molar-refractivity contribution is 6.31. The van der Waals surface area contributed by atoms with Crippen LogP contribution in [0.25, 0.3) is 22.6 Å². The minimum absolute atomic E-state index is 0.0990. The molecule has 0 aliphatic rings. The van der Waals surface area contributed by atoms with E-state index in [2.05, 4.69) is 20.1 Å². The third-order valence-corrected chi connectivity index (χ3v) is 2.88. The Labute approximate surface area is 112 Å². The predicted molar refractivity (Wildman–Crippen MR) is 70.0 cm³/mol. The van der Waals surface area contributed by atoms with Crippen molar-refractivity contribution in [3.8, 4) is 11.6 Å². The molecule has 7 heteroatoms. The number of rotatable bonds is 2. The van der Waals surface area contributed by atoms with Crippen LogP contribution in [0.15, 0.2) is 27.5 Å². The summed E-state index contributed by atoms with van der Waals surface area (Å²) in [6, 6.07) is 5.04. The second kappa shape index (κ2) is 4.47. The molecule has 6 nitrogen and oxygen atoms in total. The van der Waals surface area contributed by atoms with E-state index in [4.69, 9.17) is 16.1 Å². The summed E-state index contributed by atoms with van der Waals surface area (Å²) in [7, 11) is 0. The number of benzene rings is 1. The zero-order chi connectivity index (χ0) is 13.4. The summed E-state index contributed by atoms with van der Waals surface area (Å²) in [5, 5.41) is 4.28. The van der Waals surface area contributed by atoms with Crippen LogP contribution in [0.4, 0.5) is 0 Å². The number of hydrogen-bond acceptors (Lipinski definition) is 5. The second-order valence-electron chi connectivity index (χ2n) is 3.95. The van der Waals surface area contributed by atoms with Crippen LogP contribution in [-0.4, -0.2) is 20.1 Å². The van der Waals surface area contributed by atoms with Crippen molar-refractivity contribution in [3.05, 3.63) is 39.4 Å². The zero-order valence-electron chi connectivity index (χ0n) is 9.98. The first-order chi connectivity index (χ1) is 9.17. The van der Waals surface area contributed by atoms with Crippen molar-refractivity contribution in [2.75, 3.05) is 0 Å². The van der Waals surface area contributed by atoms with E-state index < -0.39 is 0 Å². The minimum atomic E-state index is -0.374. The molecule has 0 aliphatic carbocycles. The molecule has 0 atom stereocenters. The largest absolute Gasteiger partial charge is 0.332 e. The first kappa shape index (κ1) is 11.9. The fraction of sp³-hybridized carbons (Fsp3) is 0.167. The van der Waals surface area contributed by atoms with Crippen molar-refractivity contribution in [1.29, 1.82) is 0 Å². The quantitative estimate of drug-likeness (QED) is 0.775. The summed E-state index contributed by atoms with van der Waals surface area (Å²) in [5.74, 6) is 0.641. The van der Waals surface area contributed by atoms with E-state index in [0.29, 0.717) is 28.3 Å². The van der Waals surface area contributed by atoms with E-state index in [1.165, 1.54) is 0 Å². The number of aromatic nitrogens is 4. The molecule has 0 saturated carbocycles. The number of hydrogen-bond donors (Lipinski definition) is 1. The lowest BCUT2D eigenvalue weighted by atomic mass is 10.3. The van der Waals surface area contributed by atoms with Gasteiger partial charge in [0.25, 0.3) is 11.4 Å². The Kier molecular flexibility index (Phi) is 2.79. The van der Waals surface area contributed by atoms with Gasteiger partial charge in [0.05, 0.1) is 11.0 Å². The maximum Gasteiger partial charge on any atom is 0.282 e. The second-order valence-corrected chi connectivity index (χ2v) is 4.38. The zero-order valence-corrected chi connectivity index (χ0v) is 10.7. The van der Waals surface area contributed by atoms with Gasteiger partial charge in [-0.1, -0.05) is 23.7 Å². The average Bonchev–Trinajstić information content (AvgIpc) is 2.87. The van der Waals surface area contributed by atoms with Crippen molar-refractivity contribution in [2.45, 2.75) is 13.3 Å². The monoisotopic (exact) mass is 276 g/mol. The number of aryl methyl sites for hydroxylation is 1. The van der Waals surface area contributed by atoms with E-state index in [1.54, 1.807) is 18.2 Å². The summed E-state index contributed by atoms with van der Waals surface area (Å²) < 4.78 is 5.02. The van der Waals surface area contributed by atoms with Gasteiger partial charge in [-0.15, -0.1) is 0 Å². The lowest BCUT2D eigenvalue weighted by molar-refractivity contribution is 0.421. The van der Waals surface area contributed by atoms with E-state index in [1.807, 2.05) is 6.92 Å². The molecule has 0 radical (unpaired) electrons. The molecule has 0 amide bonds. The Balaban J connectivity index is 2.23. The highest BCUT2D eigenvalue weighted by Crippen LogP contribution is 2.17. The van der Waals surface area contributed by atoms with Crippen molar-refractivity contribution in [3.63, 3.8) is 0 Å². The molecular weight excluding hydrogens is 268 g/mol. The molecule has 1 aromatic carbocycles. The first-order valence-electron chi connectivity index (χ1n) is 5.70. The highest BCUT2D eigenvalue weighted by Gasteiger charge is 2.14. The molecule has 0 bridgehead atoms. The summed E-state index contributed by atoms with van der Waals surface area (Å²) >= 11 is 5.90. The Morgan fingerprint density at radius 3 is 2.95 bits per heavy atom. The average molecular weight is 277 g/mol. The molecule has 3 aromatic rings. The number of nitrogens with zero attached hydrogens (tertiary/aromatic N) is 3. The maximum atomic E-state index is 11.9. The van der Waals surface area contributed by atoms with Crippen molar-refractivity contribution < 1.29 is 4.52 Å². The van der Waals surface area contributed by atoms with E-state index in [9.17, 15) is 4.79 Å². The molecule has 0 saturated heterocycles. The van der Waals surface area contributed by atoms with E-state index in [0.717, 1.165) is 0 Å². The highest BCUT2D eigenvalue weighted by atomic mass is 35.5. The number of H-pyrrole nitrogens is 1. The number of fused-ring (bicyclic) bond motifs is 1. The Morgan fingerprint density at radius 1 is 1.37 bits per heavy atom. The summed E-state index contributed by atoms with van der Waals surface area (Å²) in [6.45, 7) is 1.90. The standard InChI is InChI=1S/C12H9ClN4O2/c1-2-9-16-12(19-17-9)10-11(18)15-7-4-3-6(13)5-8(7)14-10/h3-5H,2H2,1H3,(H,15,18). The Hall–Kier alpha value is -2.21. The summed E-state index contributed by atoms with van der Waals surface area (Å²) in [4.78, 5) is 23.0. The topological polar surface area (TPSA) is 84.7 Å². The van der Waals surface area contributed by atoms with Gasteiger partial charge < -0.3 is 9.51 Å². The van der Waals surface area contributed by atoms with Crippen LogP contribution in [0.2, 0.25) is 5.02 Å². The van der Waals surface area contributed by atoms with Gasteiger partial charge in [-0.3, -0.25) is 4.79 Å². The number of aromatic amines is 1. The van der Waals surface area contributed by atoms with Gasteiger partial charge in [0.15, 0.2) is 11.5 Å². The van der Waals surface area contributed by atoms with Gasteiger partial charge in [0.1, 0.15) is 0 Å². The molecular formula is C12H9ClN4O2. The maximum absolute atomic E-state index is 11.9. The number of halogens is 1. The molecule has 2 heterocycles. The summed E-state index contributed by atoms with van der Waals surface area (Å²) in [5.41, 5.74) is 0.898. The molecule has 0 fully saturated rings. The van der Waals surface area contributed by atoms with Crippen LogP contribution in [0.1, 0.15) is 12.7 Å². The van der Waals surface area contributed by atoms with Crippen LogP contribution in [0.3, 0.4) is 0 Å². The fourth-order valence-corrected chi connectivity index (χ4v) is 1.86. The molecule has 0 unspecified atom stereocenters. The van der Waals surface area contributed by atoms with Crippen molar-refractivity contribution in [2.24, 2.45) is 0 Å². The van der Waals surface area contributed by atoms with Gasteiger partial charge in [0.2, 0.25) is 0 Å². The van der Waals surface area contributed by atoms with Crippen LogP contribution < -0.4 is 5.56 Å². The molecule has 0 aliphatic heterocycles. The normalized spacial score (nSPS) is 11.1. The van der Waals surface area contributed by atoms with Gasteiger partial charge in [-0.05, 0) is 18.2 Å². The number of nitrogens with one attached hydrogen (secondary N) is 1. The molecule has 2 aromatic heterocycles. The fourth-order valence-electron chi connectivity index (χ4n) is 1.69. The van der Waals surface area contributed by atoms with Crippen LogP contribution >= 0.6 is 11.6 Å². The van der Waals surface area contributed by atoms with Crippen molar-refractivity contribution in [1.82, 2.24) is 20.1 Å². The van der Waals surface area contributed by atoms with Gasteiger partial charge >= 0.3 is 0 Å². The smallest absolute Gasteiger partial charge is 0.282 e. The predicted octanol–water partition coefficient (Wildman–Crippen LogP) is 2.19. The lowest BCUT2D eigenvalue weighted by Gasteiger charge is -1.99. The van der Waals surface area contributed by atoms with Gasteiger partial charge in [0, 0.05) is 11.4 Å². The van der Waals surface area contributed by atoms with Crippen LogP contribution in [0.5, 0.6) is 0 Å². The molecule has 19 heavy (non-hydrogen) atoms. The third-order valence-electron chi connectivity index (χ3n) is 2.64. The lowest BCUT2D eigenvalue weighted by Crippen LogP contribution is -2.11. The van der Waals surface area contributed by atoms with Gasteiger partial charge in [-0.25, -0.2) is 4.98 Å².